The van der Waals surface area contributed by atoms with Crippen LogP contribution in [0.2, 0.25) is 10.0 Å². The maximum Gasteiger partial charge on any atom is 0.230 e. The number of benzene rings is 1. The Labute approximate surface area is 214 Å². The molecule has 1 unspecified atom stereocenters. The number of ether oxygens (including phenoxy) is 1. The minimum Gasteiger partial charge on any atom is -0.474 e. The lowest BCUT2D eigenvalue weighted by atomic mass is 10.3. The molecule has 0 radical (unpaired) electrons. The molecule has 0 amide bonds. The predicted molar refractivity (Wildman–Crippen MR) is 137 cm³/mol. The van der Waals surface area contributed by atoms with Gasteiger partial charge in [-0.15, -0.1) is 0 Å². The summed E-state index contributed by atoms with van der Waals surface area (Å²) in [6.07, 6.45) is 7.10. The molecule has 3 aromatic rings. The number of aldehydes is 1. The normalized spacial score (nSPS) is 13.6. The molecule has 0 saturated heterocycles. The zero-order valence-electron chi connectivity index (χ0n) is 19.8. The van der Waals surface area contributed by atoms with Gasteiger partial charge in [0, 0.05) is 26.0 Å². The van der Waals surface area contributed by atoms with E-state index >= 15 is 0 Å². The van der Waals surface area contributed by atoms with Crippen LogP contribution in [0, 0.1) is 0 Å². The van der Waals surface area contributed by atoms with Crippen LogP contribution in [0.15, 0.2) is 36.8 Å². The first-order chi connectivity index (χ1) is 16.8. The fourth-order valence-electron chi connectivity index (χ4n) is 3.04. The predicted octanol–water partition coefficient (Wildman–Crippen LogP) is 3.73. The lowest BCUT2D eigenvalue weighted by molar-refractivity contribution is 0.111. The van der Waals surface area contributed by atoms with E-state index in [1.807, 2.05) is 25.1 Å². The highest BCUT2D eigenvalue weighted by molar-refractivity contribution is 6.39. The number of rotatable bonds is 10. The molecule has 2 aromatic heterocycles. The lowest BCUT2D eigenvalue weighted by Gasteiger charge is -2.15. The monoisotopic (exact) mass is 521 g/mol. The van der Waals surface area contributed by atoms with Crippen molar-refractivity contribution in [2.75, 3.05) is 38.3 Å². The Kier molecular flexibility index (Phi) is 9.67. The van der Waals surface area contributed by atoms with E-state index in [0.717, 1.165) is 18.5 Å². The number of anilines is 3. The zero-order valence-corrected chi connectivity index (χ0v) is 21.3. The Hall–Kier alpha value is -2.92. The van der Waals surface area contributed by atoms with E-state index in [-0.39, 0.29) is 6.10 Å². The summed E-state index contributed by atoms with van der Waals surface area (Å²) in [5.41, 5.74) is 1.80. The van der Waals surface area contributed by atoms with Crippen molar-refractivity contribution < 1.29 is 14.6 Å². The highest BCUT2D eigenvalue weighted by Gasteiger charge is 2.25. The first kappa shape index (κ1) is 26.7. The molecule has 1 atom stereocenters. The molecule has 1 fully saturated rings. The number of aliphatic hydroxyl groups is 1. The fraction of sp³-hybridized carbons (Fsp3) is 0.391. The van der Waals surface area contributed by atoms with Gasteiger partial charge in [-0.05, 0) is 39.1 Å². The van der Waals surface area contributed by atoms with E-state index in [1.54, 1.807) is 36.3 Å². The number of hydrogen-bond acceptors (Lipinski definition) is 9. The van der Waals surface area contributed by atoms with E-state index < -0.39 is 6.10 Å². The number of nitrogens with one attached hydrogen (secondary N) is 2. The van der Waals surface area contributed by atoms with Gasteiger partial charge in [-0.2, -0.15) is 10.1 Å². The molecule has 188 valence electrons. The minimum atomic E-state index is -0.510. The average Bonchev–Trinajstić information content (AvgIpc) is 3.51. The molecule has 2 heterocycles. The fourth-order valence-corrected chi connectivity index (χ4v) is 3.63. The van der Waals surface area contributed by atoms with Gasteiger partial charge >= 0.3 is 0 Å². The summed E-state index contributed by atoms with van der Waals surface area (Å²) in [6, 6.07) is 5.39. The largest absolute Gasteiger partial charge is 0.474 e. The third-order valence-corrected chi connectivity index (χ3v) is 5.42. The molecule has 1 saturated carbocycles. The summed E-state index contributed by atoms with van der Waals surface area (Å²) in [6.45, 7) is 0.946. The maximum atomic E-state index is 11.1. The Balaban J connectivity index is 0.000000287. The third kappa shape index (κ3) is 8.36. The van der Waals surface area contributed by atoms with Gasteiger partial charge in [0.05, 0.1) is 45.8 Å². The van der Waals surface area contributed by atoms with Crippen LogP contribution in [0.1, 0.15) is 23.2 Å². The molecule has 1 aromatic carbocycles. The number of carbonyl (C=O) groups excluding carboxylic acids is 1. The average molecular weight is 522 g/mol. The van der Waals surface area contributed by atoms with Crippen molar-refractivity contribution in [3.05, 3.63) is 52.4 Å². The van der Waals surface area contributed by atoms with Crippen molar-refractivity contribution in [2.24, 2.45) is 0 Å². The second kappa shape index (κ2) is 12.7. The number of carbonyl (C=O) groups is 1. The van der Waals surface area contributed by atoms with Gasteiger partial charge in [0.25, 0.3) is 0 Å². The summed E-state index contributed by atoms with van der Waals surface area (Å²) in [4.78, 5) is 21.4. The van der Waals surface area contributed by atoms with Gasteiger partial charge in [-0.3, -0.25) is 9.48 Å². The SMILES string of the molecule is CN(C)CC(O)Cn1cc(Nc2ncc(C=O)c(OC3CC3)n2)cn1.CNc1c(Cl)cccc1Cl. The maximum absolute atomic E-state index is 11.1. The number of aliphatic hydroxyl groups excluding tert-OH is 1. The standard InChI is InChI=1S/C16H22N6O3.C7H7Cl2N/c1-21(2)8-13(24)9-22-7-12(6-18-22)19-16-17-5-11(10-23)15(20-16)25-14-3-4-14;1-10-7-5(8)3-2-4-6(7)9/h5-7,10,13-14,24H,3-4,8-9H2,1-2H3,(H,17,19,20);2-4,10H,1H3. The van der Waals surface area contributed by atoms with E-state index in [9.17, 15) is 9.90 Å². The van der Waals surface area contributed by atoms with Crippen LogP contribution in [0.25, 0.3) is 0 Å². The summed E-state index contributed by atoms with van der Waals surface area (Å²) >= 11 is 11.6. The van der Waals surface area contributed by atoms with Crippen LogP contribution in [0.3, 0.4) is 0 Å². The second-order valence-electron chi connectivity index (χ2n) is 8.23. The molecule has 0 spiro atoms. The Morgan fingerprint density at radius 2 is 2.00 bits per heavy atom. The highest BCUT2D eigenvalue weighted by Crippen LogP contribution is 2.29. The Morgan fingerprint density at radius 3 is 2.57 bits per heavy atom. The molecular formula is C23H29Cl2N7O3. The van der Waals surface area contributed by atoms with Gasteiger partial charge in [0.15, 0.2) is 6.29 Å². The van der Waals surface area contributed by atoms with E-state index in [4.69, 9.17) is 27.9 Å². The van der Waals surface area contributed by atoms with Crippen LogP contribution in [0.4, 0.5) is 17.3 Å². The summed E-state index contributed by atoms with van der Waals surface area (Å²) in [5.74, 6) is 0.624. The van der Waals surface area contributed by atoms with Crippen LogP contribution in [-0.4, -0.2) is 75.9 Å². The van der Waals surface area contributed by atoms with Crippen LogP contribution in [0.5, 0.6) is 5.88 Å². The number of aromatic nitrogens is 4. The zero-order chi connectivity index (χ0) is 25.4. The van der Waals surface area contributed by atoms with Crippen molar-refractivity contribution >= 4 is 46.8 Å². The van der Waals surface area contributed by atoms with Gasteiger partial charge < -0.3 is 25.4 Å². The Morgan fingerprint density at radius 1 is 1.29 bits per heavy atom. The lowest BCUT2D eigenvalue weighted by Crippen LogP contribution is -2.29. The first-order valence-electron chi connectivity index (χ1n) is 11.0. The van der Waals surface area contributed by atoms with Crippen molar-refractivity contribution in [3.8, 4) is 5.88 Å². The van der Waals surface area contributed by atoms with Gasteiger partial charge in [-0.25, -0.2) is 4.98 Å². The number of para-hydroxylation sites is 1. The van der Waals surface area contributed by atoms with Gasteiger partial charge in [0.2, 0.25) is 11.8 Å². The molecule has 4 rings (SSSR count). The summed E-state index contributed by atoms with van der Waals surface area (Å²) < 4.78 is 7.29. The molecule has 1 aliphatic carbocycles. The molecule has 0 aliphatic heterocycles. The van der Waals surface area contributed by atoms with Gasteiger partial charge in [0.1, 0.15) is 6.10 Å². The molecule has 10 nitrogen and oxygen atoms in total. The smallest absolute Gasteiger partial charge is 0.230 e. The van der Waals surface area contributed by atoms with E-state index in [0.29, 0.717) is 52.5 Å². The van der Waals surface area contributed by atoms with Crippen molar-refractivity contribution in [1.82, 2.24) is 24.6 Å². The topological polar surface area (TPSA) is 117 Å². The first-order valence-corrected chi connectivity index (χ1v) is 11.8. The number of likely N-dealkylation sites (N-methyl/N-ethyl adjacent to an activating group) is 1. The highest BCUT2D eigenvalue weighted by atomic mass is 35.5. The summed E-state index contributed by atoms with van der Waals surface area (Å²) in [5, 5.41) is 21.4. The van der Waals surface area contributed by atoms with Crippen LogP contribution < -0.4 is 15.4 Å². The van der Waals surface area contributed by atoms with Crippen molar-refractivity contribution in [1.29, 1.82) is 0 Å². The number of halogens is 2. The molecule has 35 heavy (non-hydrogen) atoms. The molecular weight excluding hydrogens is 493 g/mol. The molecule has 12 heteroatoms. The molecule has 1 aliphatic rings. The Bertz CT molecular complexity index is 1100. The van der Waals surface area contributed by atoms with Gasteiger partial charge in [-0.1, -0.05) is 29.3 Å². The number of hydrogen-bond donors (Lipinski definition) is 3. The number of nitrogens with zero attached hydrogens (tertiary/aromatic N) is 5. The third-order valence-electron chi connectivity index (χ3n) is 4.79. The van der Waals surface area contributed by atoms with E-state index in [2.05, 4.69) is 25.7 Å². The minimum absolute atomic E-state index is 0.141. The van der Waals surface area contributed by atoms with Crippen molar-refractivity contribution in [2.45, 2.75) is 31.6 Å². The molecule has 3 N–H and O–H groups in total. The van der Waals surface area contributed by atoms with Crippen LogP contribution >= 0.6 is 23.2 Å². The second-order valence-corrected chi connectivity index (χ2v) is 9.04. The quantitative estimate of drug-likeness (QED) is 0.343. The molecule has 0 bridgehead atoms. The van der Waals surface area contributed by atoms with E-state index in [1.165, 1.54) is 6.20 Å². The summed E-state index contributed by atoms with van der Waals surface area (Å²) in [7, 11) is 5.59. The van der Waals surface area contributed by atoms with Crippen LogP contribution in [-0.2, 0) is 6.54 Å². The van der Waals surface area contributed by atoms with Crippen molar-refractivity contribution in [3.63, 3.8) is 0 Å².